The monoisotopic (exact) mass is 419 g/mol. The first kappa shape index (κ1) is 26.3. The fourth-order valence-corrected chi connectivity index (χ4v) is 3.43. The summed E-state index contributed by atoms with van der Waals surface area (Å²) in [5.74, 6) is 0. The lowest BCUT2D eigenvalue weighted by molar-refractivity contribution is 0.294. The predicted octanol–water partition coefficient (Wildman–Crippen LogP) is 6.70. The largest absolute Gasteiger partial charge is 0.380 e. The summed E-state index contributed by atoms with van der Waals surface area (Å²) >= 11 is 0. The highest BCUT2D eigenvalue weighted by Gasteiger charge is 2.33. The van der Waals surface area contributed by atoms with Crippen molar-refractivity contribution in [2.75, 3.05) is 0 Å². The summed E-state index contributed by atoms with van der Waals surface area (Å²) < 4.78 is 0. The highest BCUT2D eigenvalue weighted by molar-refractivity contribution is 5.35. The summed E-state index contributed by atoms with van der Waals surface area (Å²) in [5, 5.41) is 16.5. The summed E-state index contributed by atoms with van der Waals surface area (Å²) in [4.78, 5) is 0. The summed E-state index contributed by atoms with van der Waals surface area (Å²) in [6, 6.07) is 10.5. The molecule has 31 heavy (non-hydrogen) atoms. The van der Waals surface area contributed by atoms with Gasteiger partial charge in [-0.05, 0) is 37.7 Å². The van der Waals surface area contributed by atoms with E-state index in [1.807, 2.05) is 6.92 Å². The number of hydrogen-bond donors (Lipinski definition) is 2. The Morgan fingerprint density at radius 1 is 1.00 bits per heavy atom. The Bertz CT molecular complexity index is 857. The molecule has 0 fully saturated rings. The molecular formula is C28H41N3. The summed E-state index contributed by atoms with van der Waals surface area (Å²) in [5.41, 5.74) is 5.42. The Balaban J connectivity index is 3.09. The lowest BCUT2D eigenvalue weighted by Gasteiger charge is -2.40. The van der Waals surface area contributed by atoms with Crippen LogP contribution in [0.3, 0.4) is 0 Å². The summed E-state index contributed by atoms with van der Waals surface area (Å²) in [6.07, 6.45) is 1.58. The van der Waals surface area contributed by atoms with Gasteiger partial charge in [0.15, 0.2) is 0 Å². The van der Waals surface area contributed by atoms with Gasteiger partial charge >= 0.3 is 0 Å². The highest BCUT2D eigenvalue weighted by Crippen LogP contribution is 2.32. The molecule has 0 aliphatic carbocycles. The van der Waals surface area contributed by atoms with Crippen molar-refractivity contribution >= 4 is 0 Å². The SMILES string of the molecule is C=C(C)CCC(NC(=C)[C@@H](NC(=C)C(C)(C)c1ccc(C)cc1)C(C)(C)C)C(=C)C#N. The molecule has 0 aliphatic heterocycles. The minimum Gasteiger partial charge on any atom is -0.380 e. The average molecular weight is 420 g/mol. The molecule has 2 N–H and O–H groups in total. The van der Waals surface area contributed by atoms with Gasteiger partial charge in [-0.25, -0.2) is 0 Å². The van der Waals surface area contributed by atoms with Crippen LogP contribution in [0.1, 0.15) is 65.5 Å². The Hall–Kier alpha value is -2.73. The van der Waals surface area contributed by atoms with Crippen molar-refractivity contribution in [2.45, 2.75) is 78.8 Å². The molecule has 168 valence electrons. The molecule has 0 aliphatic rings. The molecule has 0 radical (unpaired) electrons. The molecule has 1 rings (SSSR count). The van der Waals surface area contributed by atoms with Gasteiger partial charge in [-0.2, -0.15) is 5.26 Å². The minimum atomic E-state index is -0.257. The van der Waals surface area contributed by atoms with Crippen LogP contribution < -0.4 is 10.6 Å². The maximum absolute atomic E-state index is 9.41. The van der Waals surface area contributed by atoms with E-state index in [1.165, 1.54) is 11.1 Å². The molecule has 3 heteroatoms. The van der Waals surface area contributed by atoms with Crippen molar-refractivity contribution in [1.29, 1.82) is 5.26 Å². The van der Waals surface area contributed by atoms with E-state index in [2.05, 4.69) is 109 Å². The lowest BCUT2D eigenvalue weighted by atomic mass is 9.79. The van der Waals surface area contributed by atoms with E-state index in [0.29, 0.717) is 5.57 Å². The number of benzene rings is 1. The topological polar surface area (TPSA) is 47.8 Å². The van der Waals surface area contributed by atoms with Crippen molar-refractivity contribution in [3.05, 3.63) is 84.2 Å². The molecule has 0 saturated carbocycles. The zero-order valence-electron chi connectivity index (χ0n) is 20.7. The number of hydrogen-bond acceptors (Lipinski definition) is 3. The quantitative estimate of drug-likeness (QED) is 0.310. The zero-order valence-corrected chi connectivity index (χ0v) is 20.7. The van der Waals surface area contributed by atoms with Crippen LogP contribution in [-0.4, -0.2) is 12.1 Å². The van der Waals surface area contributed by atoms with Gasteiger partial charge in [0.05, 0.1) is 18.2 Å². The molecular weight excluding hydrogens is 378 g/mol. The number of nitrogens with zero attached hydrogens (tertiary/aromatic N) is 1. The molecule has 1 aromatic rings. The van der Waals surface area contributed by atoms with Gasteiger partial charge in [-0.15, -0.1) is 6.58 Å². The van der Waals surface area contributed by atoms with E-state index < -0.39 is 0 Å². The van der Waals surface area contributed by atoms with Crippen molar-refractivity contribution in [1.82, 2.24) is 10.6 Å². The summed E-state index contributed by atoms with van der Waals surface area (Å²) in [6.45, 7) is 31.6. The molecule has 0 aromatic heterocycles. The molecule has 1 aromatic carbocycles. The minimum absolute atomic E-state index is 0.0801. The van der Waals surface area contributed by atoms with Gasteiger partial charge < -0.3 is 10.6 Å². The molecule has 3 nitrogen and oxygen atoms in total. The van der Waals surface area contributed by atoms with Crippen LogP contribution in [0.5, 0.6) is 0 Å². The Labute approximate surface area is 190 Å². The van der Waals surface area contributed by atoms with Gasteiger partial charge in [0.2, 0.25) is 0 Å². The Kier molecular flexibility index (Phi) is 8.94. The third-order valence-corrected chi connectivity index (χ3v) is 5.84. The second kappa shape index (κ2) is 10.5. The van der Waals surface area contributed by atoms with E-state index in [0.717, 1.165) is 29.8 Å². The van der Waals surface area contributed by atoms with Crippen LogP contribution in [0.15, 0.2) is 73.1 Å². The number of allylic oxidation sites excluding steroid dienone is 2. The smallest absolute Gasteiger partial charge is 0.0962 e. The van der Waals surface area contributed by atoms with E-state index in [1.54, 1.807) is 0 Å². The van der Waals surface area contributed by atoms with Crippen molar-refractivity contribution in [3.63, 3.8) is 0 Å². The molecule has 0 saturated heterocycles. The third-order valence-electron chi connectivity index (χ3n) is 5.84. The Morgan fingerprint density at radius 3 is 2.00 bits per heavy atom. The molecule has 0 bridgehead atoms. The van der Waals surface area contributed by atoms with Crippen LogP contribution in [0, 0.1) is 23.7 Å². The normalized spacial score (nSPS) is 13.5. The maximum atomic E-state index is 9.41. The predicted molar refractivity (Wildman–Crippen MR) is 135 cm³/mol. The second-order valence-corrected chi connectivity index (χ2v) is 10.3. The van der Waals surface area contributed by atoms with Crippen LogP contribution in [0.25, 0.3) is 0 Å². The van der Waals surface area contributed by atoms with Crippen LogP contribution in [0.4, 0.5) is 0 Å². The molecule has 1 unspecified atom stereocenters. The Morgan fingerprint density at radius 2 is 1.55 bits per heavy atom. The van der Waals surface area contributed by atoms with Crippen LogP contribution in [-0.2, 0) is 5.41 Å². The number of nitriles is 1. The first-order valence-corrected chi connectivity index (χ1v) is 10.9. The van der Waals surface area contributed by atoms with E-state index in [9.17, 15) is 5.26 Å². The van der Waals surface area contributed by atoms with Gasteiger partial charge in [-0.1, -0.05) is 89.8 Å². The number of rotatable bonds is 11. The zero-order chi connectivity index (χ0) is 24.0. The second-order valence-electron chi connectivity index (χ2n) is 10.3. The van der Waals surface area contributed by atoms with Crippen LogP contribution >= 0.6 is 0 Å². The number of aryl methyl sites for hydroxylation is 1. The van der Waals surface area contributed by atoms with Gasteiger partial charge in [0, 0.05) is 22.4 Å². The first-order chi connectivity index (χ1) is 14.2. The maximum Gasteiger partial charge on any atom is 0.0962 e. The third kappa shape index (κ3) is 7.47. The number of nitrogens with one attached hydrogen (secondary N) is 2. The highest BCUT2D eigenvalue weighted by atomic mass is 15.0. The molecule has 2 atom stereocenters. The van der Waals surface area contributed by atoms with Gasteiger partial charge in [0.1, 0.15) is 0 Å². The standard InChI is InChI=1S/C28H41N3/c1-19(2)12-17-25(21(4)18-29)30-22(5)26(27(7,8)9)31-23(6)28(10,11)24-15-13-20(3)14-16-24/h13-16,25-26,30-31H,1,4-6,12,17H2,2-3,7-11H3/t25?,26-/m1/s1. The van der Waals surface area contributed by atoms with Crippen molar-refractivity contribution in [3.8, 4) is 6.07 Å². The van der Waals surface area contributed by atoms with E-state index in [-0.39, 0.29) is 22.9 Å². The average Bonchev–Trinajstić information content (AvgIpc) is 2.67. The molecule has 0 spiro atoms. The van der Waals surface area contributed by atoms with Gasteiger partial charge in [-0.3, -0.25) is 0 Å². The molecule has 0 heterocycles. The lowest BCUT2D eigenvalue weighted by Crippen LogP contribution is -2.49. The first-order valence-electron chi connectivity index (χ1n) is 10.9. The van der Waals surface area contributed by atoms with Crippen molar-refractivity contribution < 1.29 is 0 Å². The fourth-order valence-electron chi connectivity index (χ4n) is 3.43. The van der Waals surface area contributed by atoms with Crippen LogP contribution in [0.2, 0.25) is 0 Å². The summed E-state index contributed by atoms with van der Waals surface area (Å²) in [7, 11) is 0. The van der Waals surface area contributed by atoms with Crippen molar-refractivity contribution in [2.24, 2.45) is 5.41 Å². The van der Waals surface area contributed by atoms with Gasteiger partial charge in [0.25, 0.3) is 0 Å². The van der Waals surface area contributed by atoms with E-state index in [4.69, 9.17) is 0 Å². The van der Waals surface area contributed by atoms with E-state index >= 15 is 0 Å². The molecule has 0 amide bonds. The fraction of sp³-hybridized carbons (Fsp3) is 0.464.